The Balaban J connectivity index is 0.00000560. The first-order chi connectivity index (χ1) is 30.4. The van der Waals surface area contributed by atoms with E-state index in [4.69, 9.17) is 27.9 Å². The average molecular weight is 1080 g/mol. The number of likely N-dealkylation sites (tertiary alicyclic amines) is 1. The number of aromatic nitrogens is 2. The number of amides is 3. The van der Waals surface area contributed by atoms with Gasteiger partial charge < -0.3 is 24.5 Å². The number of ether oxygens (including phenoxy) is 1. The molecule has 1 saturated carbocycles. The standard InChI is InChI=1S/C47H50Cl2F2N7O5.Hf/c1-27(48)46(61)57-20-18-56(19-21-57)44-33-22-35(49)40(42(51)43(33)52-26-53-44)41-36(50)6-3-7-38(41)63-25-29-10-8-28(9-11-29)23-55-16-14-30(15-17-55)31-4-2-5-32-34(31)24-58(47(32)62)37-12-13-39(59)54-45(37)60;/h3-7,22,26,28-30,37,47,62H,1,8-21,23-25H2,(H,54,59,60);/q-1;. The van der Waals surface area contributed by atoms with Crippen molar-refractivity contribution in [3.63, 3.8) is 0 Å². The molecule has 2 unspecified atom stereocenters. The average Bonchev–Trinajstić information content (AvgIpc) is 3.62. The Labute approximate surface area is 400 Å². The number of benzene rings is 3. The molecule has 1 aromatic heterocycles. The summed E-state index contributed by atoms with van der Waals surface area (Å²) < 4.78 is 38.6. The number of aliphatic hydroxyl groups is 1. The van der Waals surface area contributed by atoms with E-state index >= 15 is 8.78 Å². The van der Waals surface area contributed by atoms with E-state index in [0.717, 1.165) is 69.3 Å². The number of hydrogen-bond donors (Lipinski definition) is 2. The van der Waals surface area contributed by atoms with E-state index in [1.165, 1.54) is 18.0 Å². The van der Waals surface area contributed by atoms with Crippen molar-refractivity contribution in [2.45, 2.75) is 76.1 Å². The maximum Gasteiger partial charge on any atom is 0.264 e. The fourth-order valence-corrected chi connectivity index (χ4v) is 10.8. The summed E-state index contributed by atoms with van der Waals surface area (Å²) in [6, 6.07) is 12.6. The first-order valence-corrected chi connectivity index (χ1v) is 22.7. The van der Waals surface area contributed by atoms with Gasteiger partial charge in [-0.2, -0.15) is 18.2 Å². The van der Waals surface area contributed by atoms with E-state index < -0.39 is 23.9 Å². The summed E-state index contributed by atoms with van der Waals surface area (Å²) in [6.45, 7) is 8.96. The van der Waals surface area contributed by atoms with Crippen LogP contribution in [0.3, 0.4) is 0 Å². The van der Waals surface area contributed by atoms with Crippen molar-refractivity contribution < 1.29 is 58.9 Å². The van der Waals surface area contributed by atoms with Crippen LogP contribution in [0.2, 0.25) is 5.02 Å². The second kappa shape index (κ2) is 19.9. The largest absolute Gasteiger partial charge is 0.493 e. The second-order valence-electron chi connectivity index (χ2n) is 17.6. The molecule has 5 aliphatic rings. The van der Waals surface area contributed by atoms with E-state index in [1.54, 1.807) is 23.1 Å². The molecular weight excluding hydrogens is 1030 g/mol. The Morgan fingerprint density at radius 3 is 2.39 bits per heavy atom. The van der Waals surface area contributed by atoms with Crippen LogP contribution in [0, 0.1) is 29.5 Å². The van der Waals surface area contributed by atoms with Crippen LogP contribution in [0.15, 0.2) is 54.3 Å². The molecule has 64 heavy (non-hydrogen) atoms. The van der Waals surface area contributed by atoms with Gasteiger partial charge in [-0.15, -0.1) is 16.7 Å². The molecule has 2 atom stereocenters. The van der Waals surface area contributed by atoms with Crippen LogP contribution < -0.4 is 15.0 Å². The Morgan fingerprint density at radius 1 is 0.953 bits per heavy atom. The number of carbonyl (C=O) groups is 3. The minimum Gasteiger partial charge on any atom is -0.493 e. The van der Waals surface area contributed by atoms with Crippen molar-refractivity contribution in [1.29, 1.82) is 0 Å². The molecule has 0 bridgehead atoms. The molecule has 0 spiro atoms. The molecule has 0 radical (unpaired) electrons. The van der Waals surface area contributed by atoms with Crippen molar-refractivity contribution in [1.82, 2.24) is 30.0 Å². The molecule has 4 aromatic rings. The Morgan fingerprint density at radius 2 is 1.67 bits per heavy atom. The maximum atomic E-state index is 16.6. The van der Waals surface area contributed by atoms with Gasteiger partial charge in [0.15, 0.2) is 5.82 Å². The number of piperazine rings is 1. The number of carbonyl (C=O) groups excluding carboxylic acids is 3. The minimum absolute atomic E-state index is 0. The maximum absolute atomic E-state index is 16.6. The summed E-state index contributed by atoms with van der Waals surface area (Å²) in [6.07, 6.45) is 7.10. The number of halogens is 4. The third-order valence-corrected chi connectivity index (χ3v) is 14.3. The van der Waals surface area contributed by atoms with Crippen LogP contribution in [-0.4, -0.2) is 106 Å². The summed E-state index contributed by atoms with van der Waals surface area (Å²) in [5, 5.41) is 14.0. The number of rotatable bonds is 10. The summed E-state index contributed by atoms with van der Waals surface area (Å²) >= 11 is 12.6. The van der Waals surface area contributed by atoms with Gasteiger partial charge in [0.2, 0.25) is 11.8 Å². The van der Waals surface area contributed by atoms with E-state index in [0.29, 0.717) is 68.8 Å². The Kier molecular flexibility index (Phi) is 14.5. The minimum atomic E-state index is -0.897. The van der Waals surface area contributed by atoms with E-state index in [-0.39, 0.29) is 88.4 Å². The number of nitrogens with zero attached hydrogens (tertiary/aromatic N) is 6. The monoisotopic (exact) mass is 1080 g/mol. The molecule has 336 valence electrons. The number of hydrogen-bond acceptors (Lipinski definition) is 10. The topological polar surface area (TPSA) is 131 Å². The summed E-state index contributed by atoms with van der Waals surface area (Å²) in [7, 11) is 0. The quantitative estimate of drug-likeness (QED) is 0.0735. The SMILES string of the molecule is C=C(Cl)C(=O)N1CCN(c2ncnc3c(F)c(-c4c(F)cccc4OCC4CCC(CN5CCC(c6c[c-]cc7c6CN(C6CCC(=O)NC6=O)C7O)CC5)CC4)c(Cl)cc23)CC1.[Hf]. The molecule has 5 heterocycles. The third-order valence-electron chi connectivity index (χ3n) is 13.8. The Bertz CT molecular complexity index is 2440. The normalized spacial score (nSPS) is 23.5. The van der Waals surface area contributed by atoms with Crippen LogP contribution in [0.4, 0.5) is 14.6 Å². The van der Waals surface area contributed by atoms with Gasteiger partial charge in [0.25, 0.3) is 5.91 Å². The number of imide groups is 1. The van der Waals surface area contributed by atoms with Crippen molar-refractivity contribution in [3.8, 4) is 16.9 Å². The predicted molar refractivity (Wildman–Crippen MR) is 235 cm³/mol. The van der Waals surface area contributed by atoms with Crippen molar-refractivity contribution >= 4 is 57.6 Å². The van der Waals surface area contributed by atoms with Gasteiger partial charge >= 0.3 is 0 Å². The number of aliphatic hydroxyl groups excluding tert-OH is 1. The fourth-order valence-electron chi connectivity index (χ4n) is 10.4. The first kappa shape index (κ1) is 46.7. The fraction of sp³-hybridized carbons (Fsp3) is 0.468. The van der Waals surface area contributed by atoms with Crippen LogP contribution in [-0.2, 0) is 46.8 Å². The molecule has 3 aromatic carbocycles. The molecule has 9 rings (SSSR count). The molecule has 3 saturated heterocycles. The van der Waals surface area contributed by atoms with Gasteiger partial charge in [0.05, 0.1) is 34.5 Å². The number of anilines is 1. The van der Waals surface area contributed by atoms with Gasteiger partial charge in [-0.25, -0.2) is 18.7 Å². The van der Waals surface area contributed by atoms with E-state index in [1.807, 2.05) is 21.9 Å². The van der Waals surface area contributed by atoms with Crippen molar-refractivity contribution in [2.75, 3.05) is 57.3 Å². The molecule has 12 nitrogen and oxygen atoms in total. The molecule has 3 amide bonds. The zero-order valence-electron chi connectivity index (χ0n) is 35.4. The van der Waals surface area contributed by atoms with Gasteiger partial charge in [0, 0.05) is 82.5 Å². The van der Waals surface area contributed by atoms with Crippen molar-refractivity contribution in [3.05, 3.63) is 93.8 Å². The number of piperidine rings is 2. The third kappa shape index (κ3) is 9.40. The molecular formula is C47H50Cl2F2HfN7O5-. The Hall–Kier alpha value is -3.86. The zero-order valence-corrected chi connectivity index (χ0v) is 40.5. The molecule has 17 heteroatoms. The summed E-state index contributed by atoms with van der Waals surface area (Å²) in [5.74, 6) is -0.520. The molecule has 1 aliphatic carbocycles. The van der Waals surface area contributed by atoms with Gasteiger partial charge in [0.1, 0.15) is 29.2 Å². The molecule has 4 aliphatic heterocycles. The molecule has 4 fully saturated rings. The van der Waals surface area contributed by atoms with Crippen LogP contribution in [0.25, 0.3) is 22.0 Å². The van der Waals surface area contributed by atoms with Crippen LogP contribution >= 0.6 is 23.2 Å². The smallest absolute Gasteiger partial charge is 0.264 e. The second-order valence-corrected chi connectivity index (χ2v) is 18.4. The zero-order chi connectivity index (χ0) is 43.9. The van der Waals surface area contributed by atoms with E-state index in [9.17, 15) is 19.5 Å². The molecule has 2 N–H and O–H groups in total. The first-order valence-electron chi connectivity index (χ1n) is 21.9. The van der Waals surface area contributed by atoms with Crippen molar-refractivity contribution in [2.24, 2.45) is 11.8 Å². The number of fused-ring (bicyclic) bond motifs is 2. The summed E-state index contributed by atoms with van der Waals surface area (Å²) in [4.78, 5) is 53.3. The van der Waals surface area contributed by atoms with Gasteiger partial charge in [-0.3, -0.25) is 24.6 Å². The van der Waals surface area contributed by atoms with Crippen LogP contribution in [0.1, 0.15) is 80.2 Å². The van der Waals surface area contributed by atoms with Gasteiger partial charge in [-0.1, -0.05) is 41.8 Å². The number of nitrogens with one attached hydrogen (secondary N) is 1. The van der Waals surface area contributed by atoms with Crippen LogP contribution in [0.5, 0.6) is 5.75 Å². The van der Waals surface area contributed by atoms with E-state index in [2.05, 4.69) is 32.8 Å². The summed E-state index contributed by atoms with van der Waals surface area (Å²) in [5.41, 5.74) is 2.93. The predicted octanol–water partition coefficient (Wildman–Crippen LogP) is 7.10. The van der Waals surface area contributed by atoms with Gasteiger partial charge in [-0.05, 0) is 88.1 Å².